The van der Waals surface area contributed by atoms with Gasteiger partial charge >= 0.3 is 0 Å². The van der Waals surface area contributed by atoms with E-state index in [-0.39, 0.29) is 5.91 Å². The molecular weight excluding hydrogens is 266 g/mol. The summed E-state index contributed by atoms with van der Waals surface area (Å²) in [6, 6.07) is 8.07. The normalized spacial score (nSPS) is 17.3. The zero-order valence-corrected chi connectivity index (χ0v) is 12.9. The van der Waals surface area contributed by atoms with E-state index in [1.807, 2.05) is 32.3 Å². The molecule has 2 rings (SSSR count). The van der Waals surface area contributed by atoms with E-state index in [4.69, 9.17) is 10.5 Å². The molecule has 1 aliphatic rings. The smallest absolute Gasteiger partial charge is 0.227 e. The summed E-state index contributed by atoms with van der Waals surface area (Å²) in [7, 11) is 4.00. The van der Waals surface area contributed by atoms with Crippen molar-refractivity contribution in [1.29, 1.82) is 0 Å². The number of carbonyl (C=O) groups excluding carboxylic acids is 1. The van der Waals surface area contributed by atoms with Gasteiger partial charge < -0.3 is 20.7 Å². The molecule has 0 radical (unpaired) electrons. The van der Waals surface area contributed by atoms with E-state index in [1.54, 1.807) is 0 Å². The molecule has 0 aliphatic carbocycles. The van der Waals surface area contributed by atoms with Crippen LogP contribution in [0, 0.1) is 5.41 Å². The number of carbonyl (C=O) groups is 1. The van der Waals surface area contributed by atoms with Crippen LogP contribution in [0.3, 0.4) is 0 Å². The largest absolute Gasteiger partial charge is 0.381 e. The molecule has 0 bridgehead atoms. The van der Waals surface area contributed by atoms with Crippen LogP contribution in [0.2, 0.25) is 0 Å². The Hall–Kier alpha value is -1.59. The van der Waals surface area contributed by atoms with Crippen LogP contribution in [0.5, 0.6) is 0 Å². The monoisotopic (exact) mass is 291 g/mol. The average Bonchev–Trinajstić information content (AvgIpc) is 2.53. The second kappa shape index (κ2) is 6.91. The fourth-order valence-electron chi connectivity index (χ4n) is 2.75. The molecule has 21 heavy (non-hydrogen) atoms. The number of anilines is 1. The van der Waals surface area contributed by atoms with Crippen molar-refractivity contribution in [3.63, 3.8) is 0 Å². The standard InChI is InChI=1S/C16H25N3O2/c1-19(2)14-6-4-3-5-13(14)11-18-15(20)16(12-17)7-9-21-10-8-16/h3-6H,7-12,17H2,1-2H3,(H,18,20). The van der Waals surface area contributed by atoms with E-state index in [2.05, 4.69) is 16.3 Å². The highest BCUT2D eigenvalue weighted by atomic mass is 16.5. The van der Waals surface area contributed by atoms with E-state index >= 15 is 0 Å². The molecule has 5 heteroatoms. The quantitative estimate of drug-likeness (QED) is 0.853. The van der Waals surface area contributed by atoms with Crippen LogP contribution >= 0.6 is 0 Å². The number of benzene rings is 1. The summed E-state index contributed by atoms with van der Waals surface area (Å²) in [6.45, 7) is 2.12. The molecule has 0 atom stereocenters. The molecule has 3 N–H and O–H groups in total. The highest BCUT2D eigenvalue weighted by Gasteiger charge is 2.38. The highest BCUT2D eigenvalue weighted by molar-refractivity contribution is 5.83. The Balaban J connectivity index is 2.04. The lowest BCUT2D eigenvalue weighted by Gasteiger charge is -2.34. The third kappa shape index (κ3) is 3.54. The van der Waals surface area contributed by atoms with Gasteiger partial charge in [-0.25, -0.2) is 0 Å². The maximum Gasteiger partial charge on any atom is 0.227 e. The third-order valence-corrected chi connectivity index (χ3v) is 4.24. The summed E-state index contributed by atoms with van der Waals surface area (Å²) in [5, 5.41) is 3.05. The number of nitrogens with two attached hydrogens (primary N) is 1. The fourth-order valence-corrected chi connectivity index (χ4v) is 2.75. The molecule has 0 spiro atoms. The Morgan fingerprint density at radius 3 is 2.62 bits per heavy atom. The van der Waals surface area contributed by atoms with Crippen LogP contribution < -0.4 is 16.0 Å². The van der Waals surface area contributed by atoms with Crippen molar-refractivity contribution in [1.82, 2.24) is 5.32 Å². The summed E-state index contributed by atoms with van der Waals surface area (Å²) in [5.74, 6) is 0.0434. The summed E-state index contributed by atoms with van der Waals surface area (Å²) >= 11 is 0. The van der Waals surface area contributed by atoms with Crippen LogP contribution in [0.1, 0.15) is 18.4 Å². The topological polar surface area (TPSA) is 67.6 Å². The van der Waals surface area contributed by atoms with E-state index in [0.717, 1.165) is 11.3 Å². The Bertz CT molecular complexity index is 482. The third-order valence-electron chi connectivity index (χ3n) is 4.24. The van der Waals surface area contributed by atoms with Crippen molar-refractivity contribution in [2.24, 2.45) is 11.1 Å². The first-order valence-corrected chi connectivity index (χ1v) is 7.40. The molecule has 1 fully saturated rings. The van der Waals surface area contributed by atoms with Crippen LogP contribution in [0.25, 0.3) is 0 Å². The molecule has 0 unspecified atom stereocenters. The number of hydrogen-bond acceptors (Lipinski definition) is 4. The van der Waals surface area contributed by atoms with Gasteiger partial charge in [-0.05, 0) is 24.5 Å². The molecule has 0 aromatic heterocycles. The van der Waals surface area contributed by atoms with Crippen molar-refractivity contribution in [3.05, 3.63) is 29.8 Å². The number of para-hydroxylation sites is 1. The molecule has 1 aromatic rings. The number of nitrogens with one attached hydrogen (secondary N) is 1. The Kier molecular flexibility index (Phi) is 5.20. The maximum absolute atomic E-state index is 12.5. The van der Waals surface area contributed by atoms with Gasteiger partial charge in [0.1, 0.15) is 0 Å². The fraction of sp³-hybridized carbons (Fsp3) is 0.562. The average molecular weight is 291 g/mol. The van der Waals surface area contributed by atoms with Gasteiger partial charge in [0.2, 0.25) is 5.91 Å². The van der Waals surface area contributed by atoms with Crippen molar-refractivity contribution in [3.8, 4) is 0 Å². The van der Waals surface area contributed by atoms with Gasteiger partial charge in [-0.15, -0.1) is 0 Å². The number of rotatable bonds is 5. The molecule has 1 aliphatic heterocycles. The van der Waals surface area contributed by atoms with Crippen LogP contribution in [-0.2, 0) is 16.1 Å². The predicted molar refractivity (Wildman–Crippen MR) is 84.2 cm³/mol. The van der Waals surface area contributed by atoms with Gasteiger partial charge in [-0.3, -0.25) is 4.79 Å². The number of nitrogens with zero attached hydrogens (tertiary/aromatic N) is 1. The molecule has 1 aromatic carbocycles. The van der Waals surface area contributed by atoms with Crippen LogP contribution in [-0.4, -0.2) is 39.8 Å². The van der Waals surface area contributed by atoms with E-state index in [0.29, 0.717) is 39.1 Å². The zero-order valence-electron chi connectivity index (χ0n) is 12.9. The summed E-state index contributed by atoms with van der Waals surface area (Å²) in [6.07, 6.45) is 1.40. The predicted octanol–water partition coefficient (Wildman–Crippen LogP) is 1.12. The molecule has 1 amide bonds. The van der Waals surface area contributed by atoms with Crippen molar-refractivity contribution in [2.45, 2.75) is 19.4 Å². The van der Waals surface area contributed by atoms with E-state index in [9.17, 15) is 4.79 Å². The number of ether oxygens (including phenoxy) is 1. The first-order valence-electron chi connectivity index (χ1n) is 7.40. The zero-order chi connectivity index (χ0) is 15.3. The Morgan fingerprint density at radius 2 is 2.00 bits per heavy atom. The summed E-state index contributed by atoms with van der Waals surface area (Å²) in [4.78, 5) is 14.6. The lowest BCUT2D eigenvalue weighted by molar-refractivity contribution is -0.136. The Morgan fingerprint density at radius 1 is 1.33 bits per heavy atom. The van der Waals surface area contributed by atoms with Crippen molar-refractivity contribution < 1.29 is 9.53 Å². The van der Waals surface area contributed by atoms with Crippen LogP contribution in [0.4, 0.5) is 5.69 Å². The minimum atomic E-state index is -0.467. The first-order chi connectivity index (χ1) is 10.1. The summed E-state index contributed by atoms with van der Waals surface area (Å²) in [5.41, 5.74) is 7.62. The number of amides is 1. The van der Waals surface area contributed by atoms with E-state index < -0.39 is 5.41 Å². The van der Waals surface area contributed by atoms with Gasteiger partial charge in [0.05, 0.1) is 5.41 Å². The lowest BCUT2D eigenvalue weighted by Crippen LogP contribution is -2.49. The van der Waals surface area contributed by atoms with E-state index in [1.165, 1.54) is 0 Å². The molecular formula is C16H25N3O2. The number of hydrogen-bond donors (Lipinski definition) is 2. The summed E-state index contributed by atoms with van der Waals surface area (Å²) < 4.78 is 5.35. The molecule has 5 nitrogen and oxygen atoms in total. The van der Waals surface area contributed by atoms with Crippen molar-refractivity contribution in [2.75, 3.05) is 38.8 Å². The molecule has 1 saturated heterocycles. The van der Waals surface area contributed by atoms with Gasteiger partial charge in [0, 0.05) is 46.1 Å². The minimum Gasteiger partial charge on any atom is -0.381 e. The molecule has 0 saturated carbocycles. The second-order valence-electron chi connectivity index (χ2n) is 5.80. The molecule has 116 valence electrons. The van der Waals surface area contributed by atoms with Crippen molar-refractivity contribution >= 4 is 11.6 Å². The lowest BCUT2D eigenvalue weighted by atomic mass is 9.79. The van der Waals surface area contributed by atoms with Gasteiger partial charge in [-0.1, -0.05) is 18.2 Å². The second-order valence-corrected chi connectivity index (χ2v) is 5.80. The minimum absolute atomic E-state index is 0.0434. The van der Waals surface area contributed by atoms with Gasteiger partial charge in [-0.2, -0.15) is 0 Å². The van der Waals surface area contributed by atoms with Gasteiger partial charge in [0.15, 0.2) is 0 Å². The van der Waals surface area contributed by atoms with Gasteiger partial charge in [0.25, 0.3) is 0 Å². The van der Waals surface area contributed by atoms with Crippen LogP contribution in [0.15, 0.2) is 24.3 Å². The molecule has 1 heterocycles. The maximum atomic E-state index is 12.5. The SMILES string of the molecule is CN(C)c1ccccc1CNC(=O)C1(CN)CCOCC1. The highest BCUT2D eigenvalue weighted by Crippen LogP contribution is 2.29. The Labute approximate surface area is 126 Å². The first kappa shape index (κ1) is 15.8.